The van der Waals surface area contributed by atoms with Gasteiger partial charge in [-0.1, -0.05) is 38.2 Å². The summed E-state index contributed by atoms with van der Waals surface area (Å²) in [5.74, 6) is -0.159. The van der Waals surface area contributed by atoms with Gasteiger partial charge in [0.1, 0.15) is 0 Å². The fraction of sp³-hybridized carbons (Fsp3) is 0.800. The summed E-state index contributed by atoms with van der Waals surface area (Å²) in [5.41, 5.74) is 0.141. The van der Waals surface area contributed by atoms with Gasteiger partial charge in [-0.15, -0.1) is 0 Å². The van der Waals surface area contributed by atoms with Gasteiger partial charge in [0.15, 0.2) is 0 Å². The van der Waals surface area contributed by atoms with Gasteiger partial charge in [0.2, 0.25) is 7.37 Å². The molecule has 0 aromatic rings. The highest BCUT2D eigenvalue weighted by molar-refractivity contribution is 7.58. The van der Waals surface area contributed by atoms with Gasteiger partial charge in [0.05, 0.1) is 6.16 Å². The molecule has 0 heterocycles. The third kappa shape index (κ3) is 5.41. The van der Waals surface area contributed by atoms with E-state index in [1.54, 1.807) is 6.08 Å². The van der Waals surface area contributed by atoms with Crippen LogP contribution in [-0.4, -0.2) is 28.3 Å². The number of allylic oxidation sites excluding steroid dienone is 1. The molecule has 0 spiro atoms. The summed E-state index contributed by atoms with van der Waals surface area (Å²) < 4.78 is 12.2. The van der Waals surface area contributed by atoms with E-state index in [4.69, 9.17) is 5.11 Å². The molecule has 4 nitrogen and oxygen atoms in total. The van der Waals surface area contributed by atoms with Gasteiger partial charge in [-0.05, 0) is 31.1 Å². The SMILES string of the molecule is O=C(O)C(=CC1CC1)CP(=O)(O)CCC1CCCCC1. The molecule has 1 atom stereocenters. The molecule has 20 heavy (non-hydrogen) atoms. The van der Waals surface area contributed by atoms with E-state index in [1.807, 2.05) is 0 Å². The van der Waals surface area contributed by atoms with Crippen LogP contribution in [0.5, 0.6) is 0 Å². The summed E-state index contributed by atoms with van der Waals surface area (Å²) in [6.07, 6.45) is 10.6. The molecular weight excluding hydrogens is 275 g/mol. The quantitative estimate of drug-likeness (QED) is 0.556. The molecule has 1 unspecified atom stereocenters. The maximum atomic E-state index is 12.2. The van der Waals surface area contributed by atoms with Crippen molar-refractivity contribution >= 4 is 13.3 Å². The largest absolute Gasteiger partial charge is 0.478 e. The van der Waals surface area contributed by atoms with E-state index in [9.17, 15) is 14.3 Å². The minimum Gasteiger partial charge on any atom is -0.478 e. The molecule has 0 saturated heterocycles. The van der Waals surface area contributed by atoms with E-state index in [1.165, 1.54) is 19.3 Å². The van der Waals surface area contributed by atoms with Crippen molar-refractivity contribution in [3.63, 3.8) is 0 Å². The Labute approximate surface area is 120 Å². The molecule has 0 aromatic heterocycles. The number of hydrogen-bond acceptors (Lipinski definition) is 2. The maximum Gasteiger partial charge on any atom is 0.331 e. The molecule has 5 heteroatoms. The van der Waals surface area contributed by atoms with Crippen LogP contribution >= 0.6 is 7.37 Å². The van der Waals surface area contributed by atoms with Crippen molar-refractivity contribution in [3.05, 3.63) is 11.6 Å². The first-order valence-electron chi connectivity index (χ1n) is 7.71. The molecule has 2 saturated carbocycles. The van der Waals surface area contributed by atoms with E-state index in [0.717, 1.165) is 32.1 Å². The standard InChI is InChI=1S/C15H25O4P/c16-15(17)14(10-13-6-7-13)11-20(18,19)9-8-12-4-2-1-3-5-12/h10,12-13H,1-9,11H2,(H,16,17)(H,18,19). The van der Waals surface area contributed by atoms with Crippen LogP contribution in [0.3, 0.4) is 0 Å². The number of hydrogen-bond donors (Lipinski definition) is 2. The van der Waals surface area contributed by atoms with Crippen molar-refractivity contribution in [2.24, 2.45) is 11.8 Å². The second-order valence-corrected chi connectivity index (χ2v) is 8.81. The van der Waals surface area contributed by atoms with Crippen molar-refractivity contribution in [2.75, 3.05) is 12.3 Å². The summed E-state index contributed by atoms with van der Waals surface area (Å²) in [4.78, 5) is 21.2. The second-order valence-electron chi connectivity index (χ2n) is 6.36. The van der Waals surface area contributed by atoms with Gasteiger partial charge in [-0.2, -0.15) is 0 Å². The minimum absolute atomic E-state index is 0.141. The molecule has 0 aliphatic heterocycles. The first-order chi connectivity index (χ1) is 9.46. The maximum absolute atomic E-state index is 12.2. The van der Waals surface area contributed by atoms with E-state index >= 15 is 0 Å². The Balaban J connectivity index is 1.84. The van der Waals surface area contributed by atoms with Crippen LogP contribution in [-0.2, 0) is 9.36 Å². The lowest BCUT2D eigenvalue weighted by Crippen LogP contribution is -2.11. The molecule has 0 amide bonds. The van der Waals surface area contributed by atoms with Crippen molar-refractivity contribution < 1.29 is 19.4 Å². The van der Waals surface area contributed by atoms with Gasteiger partial charge in [0.25, 0.3) is 0 Å². The average Bonchev–Trinajstić information content (AvgIpc) is 3.21. The zero-order valence-electron chi connectivity index (χ0n) is 12.0. The summed E-state index contributed by atoms with van der Waals surface area (Å²) in [6, 6.07) is 0. The fourth-order valence-electron chi connectivity index (χ4n) is 2.94. The highest BCUT2D eigenvalue weighted by Gasteiger charge is 2.28. The van der Waals surface area contributed by atoms with Crippen LogP contribution in [0.1, 0.15) is 51.4 Å². The molecule has 0 radical (unpaired) electrons. The minimum atomic E-state index is -3.35. The highest BCUT2D eigenvalue weighted by atomic mass is 31.2. The van der Waals surface area contributed by atoms with Crippen LogP contribution < -0.4 is 0 Å². The van der Waals surface area contributed by atoms with E-state index < -0.39 is 13.3 Å². The van der Waals surface area contributed by atoms with E-state index in [-0.39, 0.29) is 17.9 Å². The molecule has 2 fully saturated rings. The van der Waals surface area contributed by atoms with Crippen LogP contribution in [0.4, 0.5) is 0 Å². The normalized spacial score (nSPS) is 24.4. The third-order valence-corrected chi connectivity index (χ3v) is 6.15. The summed E-state index contributed by atoms with van der Waals surface area (Å²) in [5, 5.41) is 9.13. The van der Waals surface area contributed by atoms with Gasteiger partial charge >= 0.3 is 5.97 Å². The summed E-state index contributed by atoms with van der Waals surface area (Å²) >= 11 is 0. The van der Waals surface area contributed by atoms with Crippen molar-refractivity contribution in [1.29, 1.82) is 0 Å². The topological polar surface area (TPSA) is 74.6 Å². The molecule has 0 aromatic carbocycles. The predicted octanol–water partition coefficient (Wildman–Crippen LogP) is 3.65. The predicted molar refractivity (Wildman–Crippen MR) is 79.2 cm³/mol. The van der Waals surface area contributed by atoms with Crippen LogP contribution in [0.2, 0.25) is 0 Å². The summed E-state index contributed by atoms with van der Waals surface area (Å²) in [7, 11) is -3.35. The Kier molecular flexibility index (Phi) is 5.45. The molecule has 114 valence electrons. The average molecular weight is 300 g/mol. The Morgan fingerprint density at radius 3 is 2.35 bits per heavy atom. The zero-order chi connectivity index (χ0) is 14.6. The Morgan fingerprint density at radius 1 is 1.15 bits per heavy atom. The van der Waals surface area contributed by atoms with E-state index in [0.29, 0.717) is 11.8 Å². The fourth-order valence-corrected chi connectivity index (χ4v) is 4.64. The summed E-state index contributed by atoms with van der Waals surface area (Å²) in [6.45, 7) is 0. The first kappa shape index (κ1) is 15.8. The lowest BCUT2D eigenvalue weighted by atomic mass is 9.88. The van der Waals surface area contributed by atoms with Gasteiger partial charge in [-0.25, -0.2) is 4.79 Å². The number of carboxylic acids is 1. The number of rotatable bonds is 7. The number of aliphatic carboxylic acids is 1. The monoisotopic (exact) mass is 300 g/mol. The molecular formula is C15H25O4P. The van der Waals surface area contributed by atoms with Gasteiger partial charge < -0.3 is 10.00 Å². The molecule has 2 aliphatic carbocycles. The van der Waals surface area contributed by atoms with Gasteiger partial charge in [0, 0.05) is 11.7 Å². The Bertz CT molecular complexity index is 420. The van der Waals surface area contributed by atoms with Gasteiger partial charge in [-0.3, -0.25) is 4.57 Å². The first-order valence-corrected chi connectivity index (χ1v) is 9.74. The van der Waals surface area contributed by atoms with Crippen molar-refractivity contribution in [1.82, 2.24) is 0 Å². The molecule has 0 bridgehead atoms. The van der Waals surface area contributed by atoms with Crippen LogP contribution in [0.15, 0.2) is 11.6 Å². The zero-order valence-corrected chi connectivity index (χ0v) is 12.9. The number of carboxylic acid groups (broad SMARTS) is 1. The molecule has 2 aliphatic rings. The smallest absolute Gasteiger partial charge is 0.331 e. The number of carbonyl (C=O) groups is 1. The van der Waals surface area contributed by atoms with Crippen LogP contribution in [0, 0.1) is 11.8 Å². The highest BCUT2D eigenvalue weighted by Crippen LogP contribution is 2.46. The molecule has 2 rings (SSSR count). The van der Waals surface area contributed by atoms with E-state index in [2.05, 4.69) is 0 Å². The lowest BCUT2D eigenvalue weighted by molar-refractivity contribution is -0.132. The Morgan fingerprint density at radius 2 is 1.80 bits per heavy atom. The second kappa shape index (κ2) is 6.91. The van der Waals surface area contributed by atoms with Crippen LogP contribution in [0.25, 0.3) is 0 Å². The third-order valence-electron chi connectivity index (χ3n) is 4.36. The molecule has 2 N–H and O–H groups in total. The lowest BCUT2D eigenvalue weighted by Gasteiger charge is -2.22. The van der Waals surface area contributed by atoms with Crippen molar-refractivity contribution in [2.45, 2.75) is 51.4 Å². The Hall–Kier alpha value is -0.600. The van der Waals surface area contributed by atoms with Crippen molar-refractivity contribution in [3.8, 4) is 0 Å².